The van der Waals surface area contributed by atoms with E-state index in [0.717, 1.165) is 6.07 Å². The number of anilines is 1. The van der Waals surface area contributed by atoms with Crippen LogP contribution in [0.4, 0.5) is 5.69 Å². The Balaban J connectivity index is 1.40. The molecule has 0 atom stereocenters. The molecule has 1 aliphatic heterocycles. The van der Waals surface area contributed by atoms with E-state index in [4.69, 9.17) is 14.2 Å². The molecule has 0 saturated carbocycles. The second-order valence-electron chi connectivity index (χ2n) is 5.79. The summed E-state index contributed by atoms with van der Waals surface area (Å²) in [5.74, 6) is -0.192. The van der Waals surface area contributed by atoms with Crippen molar-refractivity contribution in [3.05, 3.63) is 64.4 Å². The zero-order valence-corrected chi connectivity index (χ0v) is 14.0. The summed E-state index contributed by atoms with van der Waals surface area (Å²) in [5, 5.41) is 3.06. The summed E-state index contributed by atoms with van der Waals surface area (Å²) >= 11 is 0. The van der Waals surface area contributed by atoms with Crippen molar-refractivity contribution in [2.45, 2.75) is 0 Å². The van der Waals surface area contributed by atoms with Crippen molar-refractivity contribution in [2.75, 3.05) is 18.7 Å². The van der Waals surface area contributed by atoms with Crippen LogP contribution < -0.4 is 20.2 Å². The van der Waals surface area contributed by atoms with Crippen LogP contribution in [-0.4, -0.2) is 30.3 Å². The molecule has 27 heavy (non-hydrogen) atoms. The molecule has 3 aromatic rings. The van der Waals surface area contributed by atoms with Crippen molar-refractivity contribution in [1.82, 2.24) is 4.98 Å². The van der Waals surface area contributed by atoms with Gasteiger partial charge < -0.3 is 24.5 Å². The molecule has 0 fully saturated rings. The van der Waals surface area contributed by atoms with Gasteiger partial charge in [0.2, 0.25) is 6.79 Å². The lowest BCUT2D eigenvalue weighted by atomic mass is 10.2. The summed E-state index contributed by atoms with van der Waals surface area (Å²) in [4.78, 5) is 39.0. The second-order valence-corrected chi connectivity index (χ2v) is 5.79. The fraction of sp³-hybridized carbons (Fsp3) is 0.105. The molecule has 8 nitrogen and oxygen atoms in total. The molecule has 8 heteroatoms. The molecule has 0 bridgehead atoms. The third-order valence-corrected chi connectivity index (χ3v) is 3.95. The molecule has 136 valence electrons. The highest BCUT2D eigenvalue weighted by molar-refractivity contribution is 5.96. The fourth-order valence-electron chi connectivity index (χ4n) is 2.69. The van der Waals surface area contributed by atoms with Gasteiger partial charge in [0.25, 0.3) is 5.91 Å². The number of aromatic nitrogens is 1. The van der Waals surface area contributed by atoms with Crippen LogP contribution in [0, 0.1) is 0 Å². The Hall–Kier alpha value is -3.81. The van der Waals surface area contributed by atoms with E-state index in [0.29, 0.717) is 28.1 Å². The van der Waals surface area contributed by atoms with Crippen LogP contribution in [0.1, 0.15) is 10.5 Å². The number of benzene rings is 2. The van der Waals surface area contributed by atoms with Gasteiger partial charge in [0.15, 0.2) is 23.5 Å². The largest absolute Gasteiger partial charge is 0.454 e. The van der Waals surface area contributed by atoms with Gasteiger partial charge in [-0.15, -0.1) is 0 Å². The Morgan fingerprint density at radius 3 is 2.78 bits per heavy atom. The molecule has 0 radical (unpaired) electrons. The van der Waals surface area contributed by atoms with Gasteiger partial charge in [0, 0.05) is 28.7 Å². The monoisotopic (exact) mass is 366 g/mol. The molecule has 0 spiro atoms. The minimum absolute atomic E-state index is 0.0189. The maximum absolute atomic E-state index is 12.1. The lowest BCUT2D eigenvalue weighted by molar-refractivity contribution is -0.119. The number of fused-ring (bicyclic) bond motifs is 2. The topological polar surface area (TPSA) is 107 Å². The van der Waals surface area contributed by atoms with E-state index in [2.05, 4.69) is 10.3 Å². The summed E-state index contributed by atoms with van der Waals surface area (Å²) in [5.41, 5.74) is 0.678. The van der Waals surface area contributed by atoms with Crippen molar-refractivity contribution >= 4 is 28.5 Å². The zero-order chi connectivity index (χ0) is 18.8. The molecule has 0 aliphatic carbocycles. The third kappa shape index (κ3) is 3.45. The molecular formula is C19H14N2O6. The first-order valence-corrected chi connectivity index (χ1v) is 8.09. The van der Waals surface area contributed by atoms with E-state index in [1.807, 2.05) is 0 Å². The predicted molar refractivity (Wildman–Crippen MR) is 96.0 cm³/mol. The van der Waals surface area contributed by atoms with E-state index in [1.54, 1.807) is 42.5 Å². The minimum Gasteiger partial charge on any atom is -0.454 e. The Morgan fingerprint density at radius 1 is 1.07 bits per heavy atom. The molecule has 1 amide bonds. The van der Waals surface area contributed by atoms with Crippen molar-refractivity contribution in [2.24, 2.45) is 0 Å². The lowest BCUT2D eigenvalue weighted by Gasteiger charge is -2.08. The van der Waals surface area contributed by atoms with Gasteiger partial charge in [-0.3, -0.25) is 9.59 Å². The molecule has 2 heterocycles. The van der Waals surface area contributed by atoms with Gasteiger partial charge in [0.05, 0.1) is 0 Å². The van der Waals surface area contributed by atoms with E-state index in [-0.39, 0.29) is 17.9 Å². The number of para-hydroxylation sites is 1. The van der Waals surface area contributed by atoms with Gasteiger partial charge >= 0.3 is 5.97 Å². The maximum Gasteiger partial charge on any atom is 0.355 e. The van der Waals surface area contributed by atoms with Gasteiger partial charge in [-0.1, -0.05) is 12.1 Å². The van der Waals surface area contributed by atoms with Crippen LogP contribution in [0.5, 0.6) is 11.5 Å². The molecule has 1 aromatic heterocycles. The fourth-order valence-corrected chi connectivity index (χ4v) is 2.69. The quantitative estimate of drug-likeness (QED) is 0.685. The first kappa shape index (κ1) is 16.6. The first-order chi connectivity index (χ1) is 13.1. The summed E-state index contributed by atoms with van der Waals surface area (Å²) in [7, 11) is 0. The zero-order valence-electron chi connectivity index (χ0n) is 14.0. The summed E-state index contributed by atoms with van der Waals surface area (Å²) < 4.78 is 15.4. The molecule has 2 aromatic carbocycles. The van der Waals surface area contributed by atoms with Gasteiger partial charge in [-0.25, -0.2) is 4.79 Å². The predicted octanol–water partition coefficient (Wildman–Crippen LogP) is 2.05. The van der Waals surface area contributed by atoms with Crippen LogP contribution in [-0.2, 0) is 9.53 Å². The number of pyridine rings is 1. The lowest BCUT2D eigenvalue weighted by Crippen LogP contribution is -2.22. The molecule has 2 N–H and O–H groups in total. The number of aromatic amines is 1. The SMILES string of the molecule is O=C(COC(=O)c1cc(=O)c2ccccc2[nH]1)Nc1ccc2c(c1)OCO2. The Kier molecular flexibility index (Phi) is 4.21. The molecule has 4 rings (SSSR count). The number of nitrogens with one attached hydrogen (secondary N) is 2. The molecule has 0 unspecified atom stereocenters. The van der Waals surface area contributed by atoms with Gasteiger partial charge in [0.1, 0.15) is 5.69 Å². The highest BCUT2D eigenvalue weighted by atomic mass is 16.7. The van der Waals surface area contributed by atoms with Crippen LogP contribution in [0.3, 0.4) is 0 Å². The van der Waals surface area contributed by atoms with Crippen LogP contribution >= 0.6 is 0 Å². The van der Waals surface area contributed by atoms with Crippen molar-refractivity contribution in [3.8, 4) is 11.5 Å². The molecule has 1 aliphatic rings. The van der Waals surface area contributed by atoms with E-state index >= 15 is 0 Å². The van der Waals surface area contributed by atoms with Crippen molar-refractivity contribution in [1.29, 1.82) is 0 Å². The normalized spacial score (nSPS) is 12.0. The summed E-state index contributed by atoms with van der Waals surface area (Å²) in [6, 6.07) is 12.9. The number of amides is 1. The number of hydrogen-bond acceptors (Lipinski definition) is 6. The van der Waals surface area contributed by atoms with E-state index < -0.39 is 18.5 Å². The number of rotatable bonds is 4. The average molecular weight is 366 g/mol. The van der Waals surface area contributed by atoms with Crippen LogP contribution in [0.15, 0.2) is 53.3 Å². The molecule has 0 saturated heterocycles. The highest BCUT2D eigenvalue weighted by Crippen LogP contribution is 2.34. The highest BCUT2D eigenvalue weighted by Gasteiger charge is 2.16. The van der Waals surface area contributed by atoms with Gasteiger partial charge in [-0.05, 0) is 24.3 Å². The summed E-state index contributed by atoms with van der Waals surface area (Å²) in [6.45, 7) is -0.365. The van der Waals surface area contributed by atoms with Crippen LogP contribution in [0.25, 0.3) is 10.9 Å². The smallest absolute Gasteiger partial charge is 0.355 e. The van der Waals surface area contributed by atoms with Gasteiger partial charge in [-0.2, -0.15) is 0 Å². The Morgan fingerprint density at radius 2 is 1.89 bits per heavy atom. The van der Waals surface area contributed by atoms with Crippen molar-refractivity contribution < 1.29 is 23.8 Å². The number of carbonyl (C=O) groups excluding carboxylic acids is 2. The molecular weight excluding hydrogens is 352 g/mol. The average Bonchev–Trinajstić information content (AvgIpc) is 3.14. The van der Waals surface area contributed by atoms with E-state index in [1.165, 1.54) is 0 Å². The number of ether oxygens (including phenoxy) is 3. The third-order valence-electron chi connectivity index (χ3n) is 3.95. The first-order valence-electron chi connectivity index (χ1n) is 8.09. The minimum atomic E-state index is -0.793. The Bertz CT molecular complexity index is 1100. The second kappa shape index (κ2) is 6.83. The van der Waals surface area contributed by atoms with Crippen molar-refractivity contribution in [3.63, 3.8) is 0 Å². The number of H-pyrrole nitrogens is 1. The Labute approximate surface area is 152 Å². The number of esters is 1. The summed E-state index contributed by atoms with van der Waals surface area (Å²) in [6.07, 6.45) is 0. The standard InChI is InChI=1S/C19H14N2O6/c22-15-8-14(21-13-4-2-1-3-12(13)15)19(24)25-9-18(23)20-11-5-6-16-17(7-11)27-10-26-16/h1-8H,9-10H2,(H,20,23)(H,21,22). The number of carbonyl (C=O) groups is 2. The maximum atomic E-state index is 12.1. The van der Waals surface area contributed by atoms with Crippen LogP contribution in [0.2, 0.25) is 0 Å². The number of hydrogen-bond donors (Lipinski definition) is 2. The van der Waals surface area contributed by atoms with E-state index in [9.17, 15) is 14.4 Å².